The van der Waals surface area contributed by atoms with Gasteiger partial charge >= 0.3 is 18.7 Å². The summed E-state index contributed by atoms with van der Waals surface area (Å²) in [4.78, 5) is 26.0. The van der Waals surface area contributed by atoms with Crippen molar-refractivity contribution < 1.29 is 27.8 Å². The molecule has 0 aromatic heterocycles. The summed E-state index contributed by atoms with van der Waals surface area (Å²) in [6.45, 7) is 4.00. The predicted octanol–water partition coefficient (Wildman–Crippen LogP) is 3.53. The number of ether oxygens (including phenoxy) is 2. The lowest BCUT2D eigenvalue weighted by atomic mass is 10.1. The molecule has 2 N–H and O–H groups in total. The van der Waals surface area contributed by atoms with Gasteiger partial charge in [-0.15, -0.1) is 0 Å². The molecule has 1 atom stereocenters. The quantitative estimate of drug-likeness (QED) is 0.748. The number of hydrogen-bond donors (Lipinski definition) is 2. The summed E-state index contributed by atoms with van der Waals surface area (Å²) in [5.74, 6) is 0.102. The van der Waals surface area contributed by atoms with Gasteiger partial charge in [0.25, 0.3) is 0 Å². The maximum atomic E-state index is 12.4. The molecule has 1 heterocycles. The molecule has 7 nitrogen and oxygen atoms in total. The molecule has 3 amide bonds. The second kappa shape index (κ2) is 10.3. The van der Waals surface area contributed by atoms with Crippen LogP contribution in [0.25, 0.3) is 0 Å². The maximum Gasteiger partial charge on any atom is 0.407 e. The molecule has 1 saturated heterocycles. The molecule has 162 valence electrons. The Morgan fingerprint density at radius 1 is 1.24 bits per heavy atom. The van der Waals surface area contributed by atoms with E-state index in [1.165, 1.54) is 12.1 Å². The van der Waals surface area contributed by atoms with Gasteiger partial charge in [0.05, 0.1) is 0 Å². The Labute approximate surface area is 169 Å². The first-order valence-corrected chi connectivity index (χ1v) is 9.68. The molecule has 2 rings (SSSR count). The Bertz CT molecular complexity index is 677. The summed E-state index contributed by atoms with van der Waals surface area (Å²) in [7, 11) is 0. The van der Waals surface area contributed by atoms with Crippen molar-refractivity contribution in [3.8, 4) is 5.75 Å². The molecule has 9 heteroatoms. The summed E-state index contributed by atoms with van der Waals surface area (Å²) in [5.41, 5.74) is 0.328. The minimum atomic E-state index is -2.85. The average molecular weight is 413 g/mol. The number of carbonyl (C=O) groups excluding carboxylic acids is 2. The Hall–Kier alpha value is -2.58. The van der Waals surface area contributed by atoms with Crippen LogP contribution in [0.4, 0.5) is 18.4 Å². The van der Waals surface area contributed by atoms with Gasteiger partial charge in [0, 0.05) is 25.7 Å². The van der Waals surface area contributed by atoms with Crippen molar-refractivity contribution in [2.75, 3.05) is 19.6 Å². The molecule has 1 aromatic carbocycles. The topological polar surface area (TPSA) is 79.9 Å². The average Bonchev–Trinajstić information content (AvgIpc) is 2.61. The van der Waals surface area contributed by atoms with Gasteiger partial charge in [-0.05, 0) is 57.7 Å². The van der Waals surface area contributed by atoms with Gasteiger partial charge in [-0.2, -0.15) is 8.78 Å². The normalized spacial score (nSPS) is 17.0. The van der Waals surface area contributed by atoms with Crippen molar-refractivity contribution in [3.05, 3.63) is 29.8 Å². The third-order valence-corrected chi connectivity index (χ3v) is 4.27. The van der Waals surface area contributed by atoms with E-state index < -0.39 is 18.3 Å². The molecule has 1 unspecified atom stereocenters. The Morgan fingerprint density at radius 2 is 1.93 bits per heavy atom. The van der Waals surface area contributed by atoms with E-state index >= 15 is 0 Å². The molecule has 0 saturated carbocycles. The smallest absolute Gasteiger partial charge is 0.407 e. The van der Waals surface area contributed by atoms with Crippen LogP contribution in [0.3, 0.4) is 0 Å². The molecule has 1 aliphatic heterocycles. The molecule has 29 heavy (non-hydrogen) atoms. The Kier molecular flexibility index (Phi) is 8.04. The molecular weight excluding hydrogens is 384 g/mol. The summed E-state index contributed by atoms with van der Waals surface area (Å²) < 4.78 is 33.9. The second-order valence-corrected chi connectivity index (χ2v) is 7.94. The van der Waals surface area contributed by atoms with Crippen LogP contribution in [0.1, 0.15) is 39.2 Å². The van der Waals surface area contributed by atoms with E-state index in [0.29, 0.717) is 26.1 Å². The number of urea groups is 1. The summed E-state index contributed by atoms with van der Waals surface area (Å²) >= 11 is 0. The van der Waals surface area contributed by atoms with Crippen molar-refractivity contribution in [1.82, 2.24) is 15.5 Å². The fourth-order valence-electron chi connectivity index (χ4n) is 3.02. The highest BCUT2D eigenvalue weighted by Crippen LogP contribution is 2.15. The molecule has 0 aliphatic carbocycles. The lowest BCUT2D eigenvalue weighted by Gasteiger charge is -2.33. The fraction of sp³-hybridized carbons (Fsp3) is 0.600. The molecule has 1 aliphatic rings. The van der Waals surface area contributed by atoms with Gasteiger partial charge in [0.15, 0.2) is 0 Å². The fourth-order valence-corrected chi connectivity index (χ4v) is 3.02. The van der Waals surface area contributed by atoms with E-state index in [4.69, 9.17) is 4.74 Å². The van der Waals surface area contributed by atoms with Gasteiger partial charge in [-0.3, -0.25) is 0 Å². The SMILES string of the molecule is CC(C)(C)OC(=O)NC1CCCN(C(=O)NCCc2ccc(OC(F)F)cc2)C1. The minimum absolute atomic E-state index is 0.102. The second-order valence-electron chi connectivity index (χ2n) is 7.94. The number of hydrogen-bond acceptors (Lipinski definition) is 4. The molecular formula is C20H29F2N3O4. The number of rotatable bonds is 6. The van der Waals surface area contributed by atoms with Crippen molar-refractivity contribution in [2.45, 2.75) is 58.3 Å². The van der Waals surface area contributed by atoms with Gasteiger partial charge in [0.2, 0.25) is 0 Å². The number of carbonyl (C=O) groups is 2. The zero-order valence-corrected chi connectivity index (χ0v) is 17.0. The third-order valence-electron chi connectivity index (χ3n) is 4.27. The molecule has 1 aromatic rings. The number of benzene rings is 1. The van der Waals surface area contributed by atoms with Crippen LogP contribution in [0.2, 0.25) is 0 Å². The zero-order valence-electron chi connectivity index (χ0n) is 17.0. The highest BCUT2D eigenvalue weighted by atomic mass is 19.3. The van der Waals surface area contributed by atoms with Crippen molar-refractivity contribution in [2.24, 2.45) is 0 Å². The molecule has 1 fully saturated rings. The number of amides is 3. The number of nitrogens with zero attached hydrogens (tertiary/aromatic N) is 1. The van der Waals surface area contributed by atoms with Crippen LogP contribution in [0.15, 0.2) is 24.3 Å². The third kappa shape index (κ3) is 8.53. The van der Waals surface area contributed by atoms with E-state index in [1.54, 1.807) is 37.8 Å². The summed E-state index contributed by atoms with van der Waals surface area (Å²) in [5, 5.41) is 5.66. The van der Waals surface area contributed by atoms with E-state index in [2.05, 4.69) is 15.4 Å². The van der Waals surface area contributed by atoms with Crippen molar-refractivity contribution in [3.63, 3.8) is 0 Å². The monoisotopic (exact) mass is 413 g/mol. The van der Waals surface area contributed by atoms with Gasteiger partial charge in [-0.25, -0.2) is 9.59 Å². The number of alkyl halides is 2. The highest BCUT2D eigenvalue weighted by Gasteiger charge is 2.26. The Balaban J connectivity index is 1.73. The van der Waals surface area contributed by atoms with Crippen molar-refractivity contribution >= 4 is 12.1 Å². The minimum Gasteiger partial charge on any atom is -0.444 e. The van der Waals surface area contributed by atoms with E-state index in [1.807, 2.05) is 0 Å². The van der Waals surface area contributed by atoms with Crippen LogP contribution in [-0.4, -0.2) is 54.9 Å². The molecule has 0 bridgehead atoms. The largest absolute Gasteiger partial charge is 0.444 e. The standard InChI is InChI=1S/C20H29F2N3O4/c1-20(2,3)29-19(27)24-15-5-4-12-25(13-15)18(26)23-11-10-14-6-8-16(9-7-14)28-17(21)22/h6-9,15,17H,4-5,10-13H2,1-3H3,(H,23,26)(H,24,27). The summed E-state index contributed by atoms with van der Waals surface area (Å²) in [6.07, 6.45) is 1.66. The molecule has 0 spiro atoms. The lowest BCUT2D eigenvalue weighted by molar-refractivity contribution is -0.0498. The van der Waals surface area contributed by atoms with Gasteiger partial charge in [0.1, 0.15) is 11.4 Å². The van der Waals surface area contributed by atoms with Gasteiger partial charge < -0.3 is 25.0 Å². The summed E-state index contributed by atoms with van der Waals surface area (Å²) in [6, 6.07) is 5.98. The first-order chi connectivity index (χ1) is 13.6. The zero-order chi connectivity index (χ0) is 21.4. The number of likely N-dealkylation sites (tertiary alicyclic amines) is 1. The maximum absolute atomic E-state index is 12.4. The van der Waals surface area contributed by atoms with Crippen LogP contribution in [0.5, 0.6) is 5.75 Å². The number of halogens is 2. The highest BCUT2D eigenvalue weighted by molar-refractivity contribution is 5.74. The number of nitrogens with one attached hydrogen (secondary N) is 2. The number of piperidine rings is 1. The van der Waals surface area contributed by atoms with Gasteiger partial charge in [-0.1, -0.05) is 12.1 Å². The van der Waals surface area contributed by atoms with Crippen LogP contribution >= 0.6 is 0 Å². The lowest BCUT2D eigenvalue weighted by Crippen LogP contribution is -2.53. The first kappa shape index (κ1) is 22.7. The van der Waals surface area contributed by atoms with E-state index in [0.717, 1.165) is 18.4 Å². The number of alkyl carbamates (subject to hydrolysis) is 1. The van der Waals surface area contributed by atoms with Crippen LogP contribution in [0, 0.1) is 0 Å². The Morgan fingerprint density at radius 3 is 2.55 bits per heavy atom. The molecule has 0 radical (unpaired) electrons. The van der Waals surface area contributed by atoms with Crippen LogP contribution < -0.4 is 15.4 Å². The predicted molar refractivity (Wildman–Crippen MR) is 104 cm³/mol. The van der Waals surface area contributed by atoms with Crippen LogP contribution in [-0.2, 0) is 11.2 Å². The van der Waals surface area contributed by atoms with Crippen molar-refractivity contribution in [1.29, 1.82) is 0 Å². The van der Waals surface area contributed by atoms with E-state index in [-0.39, 0.29) is 17.8 Å². The first-order valence-electron chi connectivity index (χ1n) is 9.68. The van der Waals surface area contributed by atoms with E-state index in [9.17, 15) is 18.4 Å².